The van der Waals surface area contributed by atoms with Gasteiger partial charge in [0.15, 0.2) is 5.15 Å². The van der Waals surface area contributed by atoms with Crippen LogP contribution in [0.15, 0.2) is 18.5 Å². The van der Waals surface area contributed by atoms with Gasteiger partial charge in [0.2, 0.25) is 11.8 Å². The molecule has 2 heterocycles. The molecule has 2 aromatic rings. The number of aryl methyl sites for hydroxylation is 1. The number of hydrogen-bond donors (Lipinski definition) is 1. The Kier molecular flexibility index (Phi) is 2.32. The number of halogens is 1. The first-order valence-corrected chi connectivity index (χ1v) is 4.29. The van der Waals surface area contributed by atoms with E-state index in [-0.39, 0.29) is 5.15 Å². The van der Waals surface area contributed by atoms with Crippen LogP contribution in [-0.2, 0) is 0 Å². The van der Waals surface area contributed by atoms with E-state index in [1.165, 1.54) is 12.4 Å². The van der Waals surface area contributed by atoms with E-state index in [2.05, 4.69) is 20.2 Å². The average molecular weight is 211 g/mol. The minimum Gasteiger partial charge on any atom is -0.417 e. The van der Waals surface area contributed by atoms with Crippen LogP contribution in [0.3, 0.4) is 0 Å². The largest absolute Gasteiger partial charge is 0.417 e. The Morgan fingerprint density at radius 2 is 2.21 bits per heavy atom. The second kappa shape index (κ2) is 3.63. The number of hydrogen-bond acceptors (Lipinski definition) is 4. The molecule has 6 heteroatoms. The fraction of sp³-hybridized carbons (Fsp3) is 0.125. The van der Waals surface area contributed by atoms with Gasteiger partial charge in [-0.05, 0) is 6.92 Å². The molecule has 0 radical (unpaired) electrons. The Bertz CT molecular complexity index is 442. The Balaban J connectivity index is 2.18. The highest BCUT2D eigenvalue weighted by Crippen LogP contribution is 2.17. The molecule has 0 saturated carbocycles. The Morgan fingerprint density at radius 1 is 1.36 bits per heavy atom. The lowest BCUT2D eigenvalue weighted by atomic mass is 10.5. The first-order valence-electron chi connectivity index (χ1n) is 3.91. The summed E-state index contributed by atoms with van der Waals surface area (Å²) in [5, 5.41) is 6.92. The van der Waals surface area contributed by atoms with Crippen LogP contribution in [0.1, 0.15) is 5.69 Å². The van der Waals surface area contributed by atoms with Gasteiger partial charge in [-0.1, -0.05) is 11.6 Å². The van der Waals surface area contributed by atoms with E-state index in [0.717, 1.165) is 5.69 Å². The molecule has 0 aliphatic heterocycles. The molecule has 14 heavy (non-hydrogen) atoms. The smallest absolute Gasteiger partial charge is 0.241 e. The third-order valence-electron chi connectivity index (χ3n) is 1.47. The fourth-order valence-electron chi connectivity index (χ4n) is 0.927. The SMILES string of the molecule is Cc1cc(Oc2cncc(Cl)n2)n[nH]1. The monoisotopic (exact) mass is 210 g/mol. The molecule has 0 fully saturated rings. The van der Waals surface area contributed by atoms with Crippen molar-refractivity contribution in [2.45, 2.75) is 6.92 Å². The molecule has 0 aliphatic rings. The molecular weight excluding hydrogens is 204 g/mol. The summed E-state index contributed by atoms with van der Waals surface area (Å²) < 4.78 is 5.28. The lowest BCUT2D eigenvalue weighted by molar-refractivity contribution is 0.441. The first kappa shape index (κ1) is 8.96. The van der Waals surface area contributed by atoms with Gasteiger partial charge in [-0.15, -0.1) is 5.10 Å². The second-order valence-electron chi connectivity index (χ2n) is 2.67. The standard InChI is InChI=1S/C8H7ClN4O/c1-5-2-7(13-12-5)14-8-4-10-3-6(9)11-8/h2-4H,1H3,(H,12,13). The van der Waals surface area contributed by atoms with E-state index in [1.807, 2.05) is 6.92 Å². The van der Waals surface area contributed by atoms with Gasteiger partial charge in [0.25, 0.3) is 0 Å². The second-order valence-corrected chi connectivity index (χ2v) is 3.06. The number of nitrogens with zero attached hydrogens (tertiary/aromatic N) is 3. The highest BCUT2D eigenvalue weighted by atomic mass is 35.5. The maximum Gasteiger partial charge on any atom is 0.241 e. The zero-order chi connectivity index (χ0) is 9.97. The van der Waals surface area contributed by atoms with Crippen LogP contribution in [0, 0.1) is 6.92 Å². The van der Waals surface area contributed by atoms with E-state index in [4.69, 9.17) is 16.3 Å². The summed E-state index contributed by atoms with van der Waals surface area (Å²) >= 11 is 5.63. The number of rotatable bonds is 2. The van der Waals surface area contributed by atoms with Crippen LogP contribution in [0.4, 0.5) is 0 Å². The Hall–Kier alpha value is -1.62. The molecule has 0 atom stereocenters. The van der Waals surface area contributed by atoms with E-state index in [1.54, 1.807) is 6.07 Å². The van der Waals surface area contributed by atoms with Gasteiger partial charge >= 0.3 is 0 Å². The van der Waals surface area contributed by atoms with Crippen LogP contribution in [-0.4, -0.2) is 20.2 Å². The van der Waals surface area contributed by atoms with Crippen molar-refractivity contribution in [1.82, 2.24) is 20.2 Å². The van der Waals surface area contributed by atoms with Gasteiger partial charge in [-0.2, -0.15) is 4.98 Å². The predicted molar refractivity (Wildman–Crippen MR) is 50.4 cm³/mol. The van der Waals surface area contributed by atoms with Crippen molar-refractivity contribution >= 4 is 11.6 Å². The molecule has 0 spiro atoms. The van der Waals surface area contributed by atoms with Gasteiger partial charge in [-0.25, -0.2) is 0 Å². The molecule has 0 unspecified atom stereocenters. The van der Waals surface area contributed by atoms with Crippen molar-refractivity contribution < 1.29 is 4.74 Å². The van der Waals surface area contributed by atoms with Gasteiger partial charge in [0.05, 0.1) is 12.4 Å². The summed E-state index contributed by atoms with van der Waals surface area (Å²) in [6.07, 6.45) is 2.90. The summed E-state index contributed by atoms with van der Waals surface area (Å²) in [7, 11) is 0. The molecule has 2 rings (SSSR count). The number of nitrogens with one attached hydrogen (secondary N) is 1. The third kappa shape index (κ3) is 2.00. The van der Waals surface area contributed by atoms with Gasteiger partial charge in [-0.3, -0.25) is 10.1 Å². The number of aromatic nitrogens is 4. The quantitative estimate of drug-likeness (QED) is 0.823. The predicted octanol–water partition coefficient (Wildman–Crippen LogP) is 1.95. The van der Waals surface area contributed by atoms with Crippen molar-refractivity contribution in [2.75, 3.05) is 0 Å². The van der Waals surface area contributed by atoms with Gasteiger partial charge < -0.3 is 4.74 Å². The number of aromatic amines is 1. The minimum absolute atomic E-state index is 0.287. The van der Waals surface area contributed by atoms with Crippen molar-refractivity contribution in [1.29, 1.82) is 0 Å². The number of H-pyrrole nitrogens is 1. The summed E-state index contributed by atoms with van der Waals surface area (Å²) in [6, 6.07) is 1.75. The molecule has 0 amide bonds. The Morgan fingerprint density at radius 3 is 2.86 bits per heavy atom. The average Bonchev–Trinajstić information content (AvgIpc) is 2.51. The molecular formula is C8H7ClN4O. The molecule has 5 nitrogen and oxygen atoms in total. The maximum atomic E-state index is 5.63. The molecule has 0 saturated heterocycles. The zero-order valence-corrected chi connectivity index (χ0v) is 8.12. The Labute approximate surface area is 85.1 Å². The third-order valence-corrected chi connectivity index (χ3v) is 1.66. The van der Waals surface area contributed by atoms with Crippen LogP contribution < -0.4 is 4.74 Å². The van der Waals surface area contributed by atoms with E-state index < -0.39 is 0 Å². The number of ether oxygens (including phenoxy) is 1. The molecule has 0 aromatic carbocycles. The minimum atomic E-state index is 0.287. The molecule has 2 aromatic heterocycles. The van der Waals surface area contributed by atoms with E-state index in [9.17, 15) is 0 Å². The lowest BCUT2D eigenvalue weighted by Gasteiger charge is -1.98. The van der Waals surface area contributed by atoms with Crippen LogP contribution in [0.5, 0.6) is 11.8 Å². The van der Waals surface area contributed by atoms with Gasteiger partial charge in [0.1, 0.15) is 0 Å². The topological polar surface area (TPSA) is 63.7 Å². The zero-order valence-electron chi connectivity index (χ0n) is 7.36. The normalized spacial score (nSPS) is 10.1. The molecule has 0 aliphatic carbocycles. The highest BCUT2D eigenvalue weighted by Gasteiger charge is 2.02. The summed E-state index contributed by atoms with van der Waals surface area (Å²) in [5.74, 6) is 0.767. The van der Waals surface area contributed by atoms with Gasteiger partial charge in [0, 0.05) is 11.8 Å². The van der Waals surface area contributed by atoms with Crippen LogP contribution in [0.25, 0.3) is 0 Å². The summed E-state index contributed by atoms with van der Waals surface area (Å²) in [6.45, 7) is 1.88. The fourth-order valence-corrected chi connectivity index (χ4v) is 1.07. The molecule has 1 N–H and O–H groups in total. The van der Waals surface area contributed by atoms with Crippen LogP contribution >= 0.6 is 11.6 Å². The van der Waals surface area contributed by atoms with Crippen molar-refractivity contribution in [2.24, 2.45) is 0 Å². The van der Waals surface area contributed by atoms with Crippen molar-refractivity contribution in [3.05, 3.63) is 29.3 Å². The highest BCUT2D eigenvalue weighted by molar-refractivity contribution is 6.29. The van der Waals surface area contributed by atoms with Crippen molar-refractivity contribution in [3.63, 3.8) is 0 Å². The first-order chi connectivity index (χ1) is 6.74. The summed E-state index contributed by atoms with van der Waals surface area (Å²) in [4.78, 5) is 7.73. The molecule has 72 valence electrons. The van der Waals surface area contributed by atoms with E-state index in [0.29, 0.717) is 11.8 Å². The van der Waals surface area contributed by atoms with E-state index >= 15 is 0 Å². The molecule has 0 bridgehead atoms. The maximum absolute atomic E-state index is 5.63. The van der Waals surface area contributed by atoms with Crippen LogP contribution in [0.2, 0.25) is 5.15 Å². The van der Waals surface area contributed by atoms with Crippen molar-refractivity contribution in [3.8, 4) is 11.8 Å². The summed E-state index contributed by atoms with van der Waals surface area (Å²) in [5.41, 5.74) is 0.912. The lowest BCUT2D eigenvalue weighted by Crippen LogP contribution is -1.89.